The lowest BCUT2D eigenvalue weighted by Gasteiger charge is -2.18. The van der Waals surface area contributed by atoms with Crippen molar-refractivity contribution in [2.45, 2.75) is 96.8 Å². The Labute approximate surface area is 211 Å². The van der Waals surface area contributed by atoms with Crippen LogP contribution < -0.4 is 5.73 Å². The second-order valence-corrected chi connectivity index (χ2v) is 8.71. The van der Waals surface area contributed by atoms with Gasteiger partial charge in [0.05, 0.1) is 6.42 Å². The Kier molecular flexibility index (Phi) is 17.2. The average Bonchev–Trinajstić information content (AvgIpc) is 2.70. The van der Waals surface area contributed by atoms with E-state index in [9.17, 15) is 67.1 Å². The monoisotopic (exact) mass is 589 g/mol. The van der Waals surface area contributed by atoms with Crippen molar-refractivity contribution >= 4 is 17.7 Å². The first-order chi connectivity index (χ1) is 16.6. The number of halogens is 12. The maximum Gasteiger partial charge on any atom is 0.453 e. The van der Waals surface area contributed by atoms with Gasteiger partial charge in [0.25, 0.3) is 0 Å². The number of hydrogen-bond donors (Lipinski definition) is 1. The molecule has 0 saturated heterocycles. The minimum absolute atomic E-state index is 0.105. The molecule has 0 fully saturated rings. The highest BCUT2D eigenvalue weighted by Gasteiger charge is 2.58. The maximum absolute atomic E-state index is 12.6. The minimum Gasteiger partial charge on any atom is -0.384 e. The van der Waals surface area contributed by atoms with Crippen LogP contribution in [0.1, 0.15) is 66.7 Å². The molecule has 0 aromatic carbocycles. The fourth-order valence-corrected chi connectivity index (χ4v) is 1.59. The molecule has 0 aromatic rings. The summed E-state index contributed by atoms with van der Waals surface area (Å²) >= 11 is 0. The molecule has 0 aliphatic rings. The summed E-state index contributed by atoms with van der Waals surface area (Å²) in [5, 5.41) is 0. The standard InChI is InChI=1S/C9H13F5O.C8H7F7O3.C4H11N/c1-6(2)3-4-7(15)5-8(10,11)9(12,13)14;1-2-6(9,10)4(16)18-5(17)7(11,12)3-8(13,14)15;1-4(2)3-5/h6H,3-5H2,1-2H3;2-3H2,1H3;4H,3,5H2,1-2H3. The number of hydrogen-bond acceptors (Lipinski definition) is 5. The summed E-state index contributed by atoms with van der Waals surface area (Å²) in [6.45, 7) is 9.31. The lowest BCUT2D eigenvalue weighted by atomic mass is 10.0. The number of carbonyl (C=O) groups excluding carboxylic acids is 3. The molecule has 2 N–H and O–H groups in total. The third-order valence-corrected chi connectivity index (χ3v) is 3.96. The molecular weight excluding hydrogens is 558 g/mol. The van der Waals surface area contributed by atoms with Gasteiger partial charge in [0, 0.05) is 12.8 Å². The van der Waals surface area contributed by atoms with Gasteiger partial charge in [0.1, 0.15) is 12.2 Å². The van der Waals surface area contributed by atoms with E-state index in [-0.39, 0.29) is 12.3 Å². The van der Waals surface area contributed by atoms with Crippen LogP contribution in [-0.2, 0) is 19.1 Å². The molecular formula is C21H31F12NO4. The molecule has 0 saturated carbocycles. The molecule has 228 valence electrons. The summed E-state index contributed by atoms with van der Waals surface area (Å²) in [7, 11) is 0. The molecule has 0 aliphatic carbocycles. The van der Waals surface area contributed by atoms with Crippen molar-refractivity contribution in [3.05, 3.63) is 0 Å². The zero-order valence-corrected chi connectivity index (χ0v) is 21.1. The summed E-state index contributed by atoms with van der Waals surface area (Å²) in [6.07, 6.45) is -16.8. The van der Waals surface area contributed by atoms with Crippen molar-refractivity contribution < 1.29 is 71.8 Å². The summed E-state index contributed by atoms with van der Waals surface area (Å²) in [5.74, 6) is -20.1. The van der Waals surface area contributed by atoms with Crippen LogP contribution in [0, 0.1) is 11.8 Å². The third-order valence-electron chi connectivity index (χ3n) is 3.96. The number of carbonyl (C=O) groups is 3. The first-order valence-corrected chi connectivity index (χ1v) is 10.9. The van der Waals surface area contributed by atoms with Gasteiger partial charge in [0.2, 0.25) is 0 Å². The Hall–Kier alpha value is -2.07. The van der Waals surface area contributed by atoms with Gasteiger partial charge in [0.15, 0.2) is 0 Å². The number of alkyl halides is 12. The molecule has 0 spiro atoms. The van der Waals surface area contributed by atoms with E-state index in [0.29, 0.717) is 12.3 Å². The minimum atomic E-state index is -5.64. The van der Waals surface area contributed by atoms with Crippen LogP contribution in [0.2, 0.25) is 0 Å². The SMILES string of the molecule is CC(C)CCC(=O)CC(F)(F)C(F)(F)F.CC(C)CN.CCC(F)(F)C(=O)OC(=O)C(F)(F)CC(F)(F)F. The van der Waals surface area contributed by atoms with Gasteiger partial charge < -0.3 is 10.5 Å². The van der Waals surface area contributed by atoms with Crippen LogP contribution in [0.5, 0.6) is 0 Å². The normalized spacial score (nSPS) is 12.8. The van der Waals surface area contributed by atoms with Crippen LogP contribution in [0.3, 0.4) is 0 Å². The summed E-state index contributed by atoms with van der Waals surface area (Å²) in [4.78, 5) is 31.8. The van der Waals surface area contributed by atoms with Crippen molar-refractivity contribution in [3.63, 3.8) is 0 Å². The van der Waals surface area contributed by atoms with E-state index in [2.05, 4.69) is 18.6 Å². The molecule has 5 nitrogen and oxygen atoms in total. The van der Waals surface area contributed by atoms with Gasteiger partial charge in [-0.15, -0.1) is 0 Å². The second kappa shape index (κ2) is 16.1. The lowest BCUT2D eigenvalue weighted by Crippen LogP contribution is -2.40. The Morgan fingerprint density at radius 1 is 0.737 bits per heavy atom. The zero-order valence-electron chi connectivity index (χ0n) is 21.1. The average molecular weight is 589 g/mol. The number of rotatable bonds is 10. The predicted octanol–water partition coefficient (Wildman–Crippen LogP) is 6.87. The molecule has 0 bridgehead atoms. The maximum atomic E-state index is 12.6. The van der Waals surface area contributed by atoms with Crippen LogP contribution in [0.4, 0.5) is 52.7 Å². The first kappa shape index (κ1) is 40.4. The molecule has 0 unspecified atom stereocenters. The van der Waals surface area contributed by atoms with E-state index in [1.807, 2.05) is 0 Å². The van der Waals surface area contributed by atoms with Crippen molar-refractivity contribution in [1.29, 1.82) is 0 Å². The van der Waals surface area contributed by atoms with Gasteiger partial charge in [-0.05, 0) is 24.8 Å². The molecule has 0 aliphatic heterocycles. The largest absolute Gasteiger partial charge is 0.453 e. The summed E-state index contributed by atoms with van der Waals surface area (Å²) in [6, 6.07) is 0. The zero-order chi connectivity index (χ0) is 31.3. The van der Waals surface area contributed by atoms with Gasteiger partial charge in [-0.1, -0.05) is 34.6 Å². The van der Waals surface area contributed by atoms with E-state index in [4.69, 9.17) is 5.73 Å². The van der Waals surface area contributed by atoms with Crippen LogP contribution in [0.15, 0.2) is 0 Å². The Morgan fingerprint density at radius 2 is 1.13 bits per heavy atom. The number of ether oxygens (including phenoxy) is 1. The van der Waals surface area contributed by atoms with Crippen molar-refractivity contribution in [2.24, 2.45) is 17.6 Å². The van der Waals surface area contributed by atoms with Gasteiger partial charge in [-0.2, -0.15) is 52.7 Å². The Morgan fingerprint density at radius 3 is 1.42 bits per heavy atom. The predicted molar refractivity (Wildman–Crippen MR) is 111 cm³/mol. The van der Waals surface area contributed by atoms with E-state index >= 15 is 0 Å². The Balaban J connectivity index is -0.000000553. The van der Waals surface area contributed by atoms with E-state index in [1.165, 1.54) is 0 Å². The number of esters is 2. The smallest absolute Gasteiger partial charge is 0.384 e. The Bertz CT molecular complexity index is 733. The third kappa shape index (κ3) is 19.1. The number of Topliss-reactive ketones (excluding diaryl/α,β-unsaturated/α-hetero) is 1. The highest BCUT2D eigenvalue weighted by molar-refractivity contribution is 5.92. The molecule has 0 atom stereocenters. The second-order valence-electron chi connectivity index (χ2n) is 8.71. The fraction of sp³-hybridized carbons (Fsp3) is 0.857. The number of nitrogens with two attached hydrogens (primary N) is 1. The van der Waals surface area contributed by atoms with Gasteiger partial charge in [-0.3, -0.25) is 4.79 Å². The molecule has 0 heterocycles. The van der Waals surface area contributed by atoms with Gasteiger partial charge in [-0.25, -0.2) is 9.59 Å². The van der Waals surface area contributed by atoms with Crippen LogP contribution in [-0.4, -0.2) is 54.4 Å². The van der Waals surface area contributed by atoms with E-state index < -0.39 is 67.1 Å². The van der Waals surface area contributed by atoms with Crippen molar-refractivity contribution in [2.75, 3.05) is 6.54 Å². The highest BCUT2D eigenvalue weighted by atomic mass is 19.4. The summed E-state index contributed by atoms with van der Waals surface area (Å²) < 4.78 is 148. The molecule has 0 aromatic heterocycles. The van der Waals surface area contributed by atoms with Crippen LogP contribution >= 0.6 is 0 Å². The van der Waals surface area contributed by atoms with E-state index in [0.717, 1.165) is 13.5 Å². The topological polar surface area (TPSA) is 86.5 Å². The highest BCUT2D eigenvalue weighted by Crippen LogP contribution is 2.38. The lowest BCUT2D eigenvalue weighted by molar-refractivity contribution is -0.281. The fourth-order valence-electron chi connectivity index (χ4n) is 1.59. The first-order valence-electron chi connectivity index (χ1n) is 10.9. The van der Waals surface area contributed by atoms with E-state index in [1.54, 1.807) is 13.8 Å². The van der Waals surface area contributed by atoms with Crippen molar-refractivity contribution in [3.8, 4) is 0 Å². The molecule has 0 rings (SSSR count). The van der Waals surface area contributed by atoms with Gasteiger partial charge >= 0.3 is 42.1 Å². The molecule has 38 heavy (non-hydrogen) atoms. The molecule has 0 amide bonds. The van der Waals surface area contributed by atoms with Crippen molar-refractivity contribution in [1.82, 2.24) is 0 Å². The number of ketones is 1. The van der Waals surface area contributed by atoms with Crippen LogP contribution in [0.25, 0.3) is 0 Å². The molecule has 17 heteroatoms. The summed E-state index contributed by atoms with van der Waals surface area (Å²) in [5.41, 5.74) is 5.17. The quantitative estimate of drug-likeness (QED) is 0.171. The molecule has 0 radical (unpaired) electrons.